The van der Waals surface area contributed by atoms with Crippen molar-refractivity contribution >= 4 is 11.8 Å². The highest BCUT2D eigenvalue weighted by Crippen LogP contribution is 2.68. The van der Waals surface area contributed by atoms with Crippen LogP contribution in [0.1, 0.15) is 40.5 Å². The van der Waals surface area contributed by atoms with E-state index in [9.17, 15) is 9.59 Å². The maximum absolute atomic E-state index is 12.9. The van der Waals surface area contributed by atoms with E-state index in [4.69, 9.17) is 5.73 Å². The van der Waals surface area contributed by atoms with Gasteiger partial charge in [0.25, 0.3) is 0 Å². The van der Waals surface area contributed by atoms with E-state index in [1.54, 1.807) is 4.90 Å². The summed E-state index contributed by atoms with van der Waals surface area (Å²) in [6.07, 6.45) is 1.98. The van der Waals surface area contributed by atoms with Crippen molar-refractivity contribution in [3.63, 3.8) is 0 Å². The molecular formula is C15H27N3O2. The molecule has 5 nitrogen and oxygen atoms in total. The molecule has 0 spiro atoms. The summed E-state index contributed by atoms with van der Waals surface area (Å²) >= 11 is 0. The normalized spacial score (nSPS) is 27.9. The summed E-state index contributed by atoms with van der Waals surface area (Å²) < 4.78 is 0. The van der Waals surface area contributed by atoms with Gasteiger partial charge in [0.2, 0.25) is 11.8 Å². The van der Waals surface area contributed by atoms with Crippen LogP contribution < -0.4 is 11.1 Å². The fourth-order valence-electron chi connectivity index (χ4n) is 3.63. The number of nitrogens with two attached hydrogens (primary N) is 1. The molecule has 0 aromatic heterocycles. The third kappa shape index (κ3) is 2.43. The molecule has 0 bridgehead atoms. The van der Waals surface area contributed by atoms with Gasteiger partial charge in [-0.15, -0.1) is 0 Å². The number of carbonyl (C=O) groups excluding carboxylic acids is 2. The number of amides is 2. The zero-order chi connectivity index (χ0) is 15.1. The van der Waals surface area contributed by atoms with Gasteiger partial charge in [0.1, 0.15) is 0 Å². The first-order chi connectivity index (χ1) is 9.19. The van der Waals surface area contributed by atoms with E-state index in [0.717, 1.165) is 25.9 Å². The Kier molecular flexibility index (Phi) is 3.84. The Morgan fingerprint density at radius 1 is 1.25 bits per heavy atom. The summed E-state index contributed by atoms with van der Waals surface area (Å²) in [4.78, 5) is 25.9. The summed E-state index contributed by atoms with van der Waals surface area (Å²) in [5.74, 6) is -0.357. The molecule has 2 aliphatic rings. The van der Waals surface area contributed by atoms with Crippen molar-refractivity contribution in [2.45, 2.75) is 46.6 Å². The summed E-state index contributed by atoms with van der Waals surface area (Å²) in [5.41, 5.74) is 5.32. The molecule has 20 heavy (non-hydrogen) atoms. The Morgan fingerprint density at radius 3 is 2.25 bits per heavy atom. The monoisotopic (exact) mass is 281 g/mol. The van der Waals surface area contributed by atoms with E-state index >= 15 is 0 Å². The number of nitrogens with zero attached hydrogens (tertiary/aromatic N) is 1. The van der Waals surface area contributed by atoms with E-state index in [1.807, 2.05) is 0 Å². The number of hydrogen-bond acceptors (Lipinski definition) is 3. The molecule has 5 heteroatoms. The molecule has 1 heterocycles. The summed E-state index contributed by atoms with van der Waals surface area (Å²) in [7, 11) is 0. The Hall–Kier alpha value is -1.10. The van der Waals surface area contributed by atoms with Gasteiger partial charge in [-0.3, -0.25) is 9.59 Å². The maximum Gasteiger partial charge on any atom is 0.237 e. The molecule has 1 saturated carbocycles. The predicted octanol–water partition coefficient (Wildman–Crippen LogP) is 0.735. The Morgan fingerprint density at radius 2 is 1.85 bits per heavy atom. The smallest absolute Gasteiger partial charge is 0.237 e. The van der Waals surface area contributed by atoms with Crippen LogP contribution in [-0.4, -0.2) is 42.4 Å². The van der Waals surface area contributed by atoms with Gasteiger partial charge < -0.3 is 16.0 Å². The van der Waals surface area contributed by atoms with Gasteiger partial charge >= 0.3 is 0 Å². The van der Waals surface area contributed by atoms with Crippen molar-refractivity contribution in [3.05, 3.63) is 0 Å². The largest absolute Gasteiger partial charge is 0.368 e. The van der Waals surface area contributed by atoms with E-state index in [-0.39, 0.29) is 35.2 Å². The third-order valence-electron chi connectivity index (χ3n) is 5.59. The van der Waals surface area contributed by atoms with Crippen LogP contribution in [0, 0.1) is 16.7 Å². The zero-order valence-corrected chi connectivity index (χ0v) is 13.0. The van der Waals surface area contributed by atoms with Crippen molar-refractivity contribution in [1.82, 2.24) is 10.2 Å². The lowest BCUT2D eigenvalue weighted by atomic mass is 10.0. The molecular weight excluding hydrogens is 254 g/mol. The van der Waals surface area contributed by atoms with E-state index in [2.05, 4.69) is 33.0 Å². The lowest BCUT2D eigenvalue weighted by Gasteiger charge is -2.34. The Balaban J connectivity index is 2.15. The van der Waals surface area contributed by atoms with Crippen molar-refractivity contribution < 1.29 is 9.59 Å². The van der Waals surface area contributed by atoms with E-state index in [0.29, 0.717) is 0 Å². The van der Waals surface area contributed by atoms with Crippen LogP contribution in [0.25, 0.3) is 0 Å². The number of rotatable bonds is 4. The highest BCUT2D eigenvalue weighted by molar-refractivity contribution is 5.88. The SMILES string of the molecule is CC1(C)C(C(=O)N(CC(N)=O)C2CCCNC2)C1(C)C. The molecule has 114 valence electrons. The molecule has 0 radical (unpaired) electrons. The molecule has 1 unspecified atom stereocenters. The summed E-state index contributed by atoms with van der Waals surface area (Å²) in [5, 5.41) is 3.30. The molecule has 2 rings (SSSR count). The lowest BCUT2D eigenvalue weighted by Crippen LogP contribution is -2.52. The summed E-state index contributed by atoms with van der Waals surface area (Å²) in [6, 6.07) is 0.0935. The standard InChI is InChI=1S/C15H27N3O2/c1-14(2)12(15(14,3)4)13(20)18(9-11(16)19)10-6-5-7-17-8-10/h10,12,17H,5-9H2,1-4H3,(H2,16,19). The average molecular weight is 281 g/mol. The van der Waals surface area contributed by atoms with Gasteiger partial charge in [0.05, 0.1) is 6.54 Å². The quantitative estimate of drug-likeness (QED) is 0.798. The number of nitrogens with one attached hydrogen (secondary N) is 1. The minimum atomic E-state index is -0.430. The minimum Gasteiger partial charge on any atom is -0.368 e. The van der Waals surface area contributed by atoms with E-state index < -0.39 is 5.91 Å². The van der Waals surface area contributed by atoms with Crippen LogP contribution in [0.3, 0.4) is 0 Å². The van der Waals surface area contributed by atoms with Crippen LogP contribution in [-0.2, 0) is 9.59 Å². The van der Waals surface area contributed by atoms with Crippen molar-refractivity contribution in [2.75, 3.05) is 19.6 Å². The number of carbonyl (C=O) groups is 2. The second-order valence-corrected chi connectivity index (χ2v) is 7.31. The average Bonchev–Trinajstić information content (AvgIpc) is 2.77. The van der Waals surface area contributed by atoms with Crippen LogP contribution in [0.15, 0.2) is 0 Å². The van der Waals surface area contributed by atoms with Gasteiger partial charge in [0.15, 0.2) is 0 Å². The maximum atomic E-state index is 12.9. The molecule has 1 saturated heterocycles. The molecule has 1 atom stereocenters. The lowest BCUT2D eigenvalue weighted by molar-refractivity contribution is -0.140. The third-order valence-corrected chi connectivity index (χ3v) is 5.59. The molecule has 2 amide bonds. The second-order valence-electron chi connectivity index (χ2n) is 7.31. The first kappa shape index (κ1) is 15.3. The Bertz CT molecular complexity index is 397. The highest BCUT2D eigenvalue weighted by Gasteiger charge is 2.69. The molecule has 3 N–H and O–H groups in total. The van der Waals surface area contributed by atoms with Crippen LogP contribution >= 0.6 is 0 Å². The predicted molar refractivity (Wildman–Crippen MR) is 77.9 cm³/mol. The molecule has 0 aromatic carbocycles. The van der Waals surface area contributed by atoms with Gasteiger partial charge in [-0.1, -0.05) is 27.7 Å². The molecule has 1 aliphatic heterocycles. The number of piperidine rings is 1. The number of hydrogen-bond donors (Lipinski definition) is 2. The molecule has 2 fully saturated rings. The van der Waals surface area contributed by atoms with Gasteiger partial charge in [-0.2, -0.15) is 0 Å². The van der Waals surface area contributed by atoms with E-state index in [1.165, 1.54) is 0 Å². The minimum absolute atomic E-state index is 0.0118. The molecule has 1 aliphatic carbocycles. The van der Waals surface area contributed by atoms with Crippen molar-refractivity contribution in [1.29, 1.82) is 0 Å². The van der Waals surface area contributed by atoms with Crippen LogP contribution in [0.5, 0.6) is 0 Å². The topological polar surface area (TPSA) is 75.4 Å². The number of primary amides is 1. The fourth-order valence-corrected chi connectivity index (χ4v) is 3.63. The fraction of sp³-hybridized carbons (Fsp3) is 0.867. The van der Waals surface area contributed by atoms with Gasteiger partial charge in [0, 0.05) is 18.5 Å². The van der Waals surface area contributed by atoms with Gasteiger partial charge in [-0.05, 0) is 30.2 Å². The highest BCUT2D eigenvalue weighted by atomic mass is 16.2. The van der Waals surface area contributed by atoms with Crippen LogP contribution in [0.2, 0.25) is 0 Å². The van der Waals surface area contributed by atoms with Crippen molar-refractivity contribution in [3.8, 4) is 0 Å². The first-order valence-electron chi connectivity index (χ1n) is 7.49. The zero-order valence-electron chi connectivity index (χ0n) is 13.0. The van der Waals surface area contributed by atoms with Crippen molar-refractivity contribution in [2.24, 2.45) is 22.5 Å². The Labute approximate surface area is 121 Å². The first-order valence-corrected chi connectivity index (χ1v) is 7.49. The summed E-state index contributed by atoms with van der Waals surface area (Å²) in [6.45, 7) is 10.3. The molecule has 0 aromatic rings. The van der Waals surface area contributed by atoms with Gasteiger partial charge in [-0.25, -0.2) is 0 Å². The van der Waals surface area contributed by atoms with Crippen LogP contribution in [0.4, 0.5) is 0 Å². The second kappa shape index (κ2) is 5.02.